The summed E-state index contributed by atoms with van der Waals surface area (Å²) in [5.41, 5.74) is 0.440. The molecule has 0 aromatic heterocycles. The minimum atomic E-state index is -1.13. The summed E-state index contributed by atoms with van der Waals surface area (Å²) in [6, 6.07) is 16.1. The van der Waals surface area contributed by atoms with Crippen molar-refractivity contribution in [2.45, 2.75) is 35.6 Å². The number of carboxylic acids is 2. The van der Waals surface area contributed by atoms with Crippen LogP contribution in [0, 0.1) is 0 Å². The van der Waals surface area contributed by atoms with Gasteiger partial charge in [-0.05, 0) is 11.1 Å². The van der Waals surface area contributed by atoms with Gasteiger partial charge in [0, 0.05) is 0 Å². The molecule has 25 heavy (non-hydrogen) atoms. The number of carbonyl (C=O) groups excluding carboxylic acids is 2. The van der Waals surface area contributed by atoms with E-state index in [0.29, 0.717) is 0 Å². The molecule has 0 bridgehead atoms. The van der Waals surface area contributed by atoms with E-state index in [4.69, 9.17) is 0 Å². The standard InChI is InChI=1S/2C7H6O2.2C3H7.Sn/c2*8-7(9)6-4-2-1-3-5-6;2*1-3-2;/h2*1-5H,(H,8,9);2*1,3H2,2H3;/q;;;;+2/p-2. The van der Waals surface area contributed by atoms with Gasteiger partial charge in [-0.2, -0.15) is 0 Å². The first-order valence-corrected chi connectivity index (χ1v) is 12.3. The summed E-state index contributed by atoms with van der Waals surface area (Å²) in [5.74, 6) is -2.26. The van der Waals surface area contributed by atoms with Gasteiger partial charge in [0.1, 0.15) is 0 Å². The van der Waals surface area contributed by atoms with Crippen LogP contribution in [0.5, 0.6) is 0 Å². The van der Waals surface area contributed by atoms with Crippen molar-refractivity contribution in [3.8, 4) is 0 Å². The minimum absolute atomic E-state index is 0.181. The molecule has 132 valence electrons. The molecule has 2 aromatic carbocycles. The van der Waals surface area contributed by atoms with E-state index in [1.165, 1.54) is 37.1 Å². The van der Waals surface area contributed by atoms with Crippen LogP contribution in [0.4, 0.5) is 0 Å². The molecule has 0 heterocycles. The summed E-state index contributed by atoms with van der Waals surface area (Å²) in [6.07, 6.45) is 2.87. The third-order valence-electron chi connectivity index (χ3n) is 2.87. The SMILES string of the molecule is CC[CH2][Sn+2][CH2]CC.O=C([O-])c1ccccc1.O=C([O-])c1ccccc1. The molecule has 0 saturated carbocycles. The summed E-state index contributed by atoms with van der Waals surface area (Å²) in [6.45, 7) is 4.58. The van der Waals surface area contributed by atoms with Crippen LogP contribution in [-0.2, 0) is 0 Å². The number of hydrogen-bond acceptors (Lipinski definition) is 4. The second-order valence-corrected chi connectivity index (χ2v) is 9.34. The molecule has 0 atom stereocenters. The van der Waals surface area contributed by atoms with Crippen molar-refractivity contribution in [1.82, 2.24) is 0 Å². The van der Waals surface area contributed by atoms with Crippen molar-refractivity contribution in [2.24, 2.45) is 0 Å². The van der Waals surface area contributed by atoms with Crippen molar-refractivity contribution in [2.75, 3.05) is 0 Å². The molecule has 0 saturated heterocycles. The number of aromatic carboxylic acids is 2. The molecule has 0 aliphatic rings. The molecule has 2 aromatic rings. The Kier molecular flexibility index (Phi) is 14.5. The fourth-order valence-corrected chi connectivity index (χ4v) is 4.36. The maximum atomic E-state index is 10.1. The number of hydrogen-bond donors (Lipinski definition) is 0. The zero-order valence-electron chi connectivity index (χ0n) is 14.7. The number of carbonyl (C=O) groups is 2. The van der Waals surface area contributed by atoms with Crippen molar-refractivity contribution < 1.29 is 19.8 Å². The number of carboxylic acid groups (broad SMARTS) is 2. The van der Waals surface area contributed by atoms with Gasteiger partial charge in [-0.15, -0.1) is 0 Å². The van der Waals surface area contributed by atoms with Crippen LogP contribution in [0.15, 0.2) is 60.7 Å². The van der Waals surface area contributed by atoms with E-state index in [0.717, 1.165) is 0 Å². The van der Waals surface area contributed by atoms with Crippen molar-refractivity contribution >= 4 is 33.1 Å². The van der Waals surface area contributed by atoms with Gasteiger partial charge in [-0.25, -0.2) is 0 Å². The van der Waals surface area contributed by atoms with E-state index in [-0.39, 0.29) is 32.3 Å². The van der Waals surface area contributed by atoms with Gasteiger partial charge in [-0.3, -0.25) is 0 Å². The Bertz CT molecular complexity index is 532. The first-order valence-electron chi connectivity index (χ1n) is 8.26. The number of rotatable bonds is 6. The molecule has 5 heteroatoms. The Morgan fingerprint density at radius 2 is 1.04 bits per heavy atom. The third-order valence-corrected chi connectivity index (χ3v) is 7.74. The van der Waals surface area contributed by atoms with Gasteiger partial charge in [0.2, 0.25) is 0 Å². The predicted octanol–water partition coefficient (Wildman–Crippen LogP) is 2.45. The van der Waals surface area contributed by atoms with Crippen LogP contribution < -0.4 is 10.2 Å². The smallest absolute Gasteiger partial charge is 0.0715 e. The van der Waals surface area contributed by atoms with E-state index >= 15 is 0 Å². The largest absolute Gasteiger partial charge is 0.545 e. The molecular weight excluding hydrogens is 423 g/mol. The van der Waals surface area contributed by atoms with Crippen LogP contribution in [0.2, 0.25) is 8.87 Å². The molecule has 0 amide bonds. The van der Waals surface area contributed by atoms with E-state index in [9.17, 15) is 19.8 Å². The number of benzene rings is 2. The Balaban J connectivity index is 0.000000350. The maximum absolute atomic E-state index is 10.1. The zero-order valence-corrected chi connectivity index (χ0v) is 17.6. The Morgan fingerprint density at radius 3 is 1.24 bits per heavy atom. The molecule has 0 unspecified atom stereocenters. The molecule has 2 rings (SSSR count). The molecular formula is C20H24O4Sn. The molecule has 0 radical (unpaired) electrons. The van der Waals surface area contributed by atoms with Gasteiger partial charge in [0.15, 0.2) is 0 Å². The molecule has 0 aliphatic carbocycles. The predicted molar refractivity (Wildman–Crippen MR) is 97.5 cm³/mol. The molecule has 0 spiro atoms. The zero-order chi connectivity index (χ0) is 18.9. The van der Waals surface area contributed by atoms with Gasteiger partial charge in [0.25, 0.3) is 0 Å². The van der Waals surface area contributed by atoms with E-state index < -0.39 is 11.9 Å². The first kappa shape index (κ1) is 23.2. The van der Waals surface area contributed by atoms with Crippen molar-refractivity contribution in [1.29, 1.82) is 0 Å². The average molecular weight is 447 g/mol. The third kappa shape index (κ3) is 13.2. The van der Waals surface area contributed by atoms with Gasteiger partial charge >= 0.3 is 56.7 Å². The molecule has 0 aliphatic heterocycles. The summed E-state index contributed by atoms with van der Waals surface area (Å²) < 4.78 is 3.19. The van der Waals surface area contributed by atoms with E-state index in [2.05, 4.69) is 13.8 Å². The van der Waals surface area contributed by atoms with E-state index in [1.807, 2.05) is 0 Å². The van der Waals surface area contributed by atoms with Gasteiger partial charge in [0.05, 0.1) is 11.9 Å². The second-order valence-electron chi connectivity index (χ2n) is 5.06. The van der Waals surface area contributed by atoms with Gasteiger partial charge in [-0.1, -0.05) is 60.7 Å². The van der Waals surface area contributed by atoms with Gasteiger partial charge < -0.3 is 19.8 Å². The van der Waals surface area contributed by atoms with Crippen LogP contribution >= 0.6 is 0 Å². The summed E-state index contributed by atoms with van der Waals surface area (Å²) in [5, 5.41) is 20.2. The molecule has 0 N–H and O–H groups in total. The topological polar surface area (TPSA) is 80.3 Å². The Labute approximate surface area is 160 Å². The minimum Gasteiger partial charge on any atom is -0.545 e. The molecule has 4 nitrogen and oxygen atoms in total. The summed E-state index contributed by atoms with van der Waals surface area (Å²) >= 11 is 0.181. The quantitative estimate of drug-likeness (QED) is 0.504. The maximum Gasteiger partial charge on any atom is 0.0715 e. The average Bonchev–Trinajstić information content (AvgIpc) is 2.65. The van der Waals surface area contributed by atoms with Crippen LogP contribution in [0.3, 0.4) is 0 Å². The van der Waals surface area contributed by atoms with E-state index in [1.54, 1.807) is 45.3 Å². The van der Waals surface area contributed by atoms with Crippen LogP contribution in [0.25, 0.3) is 0 Å². The van der Waals surface area contributed by atoms with Crippen LogP contribution in [0.1, 0.15) is 47.4 Å². The monoisotopic (exact) mass is 448 g/mol. The summed E-state index contributed by atoms with van der Waals surface area (Å²) in [7, 11) is 0. The van der Waals surface area contributed by atoms with Crippen LogP contribution in [-0.4, -0.2) is 33.1 Å². The fraction of sp³-hybridized carbons (Fsp3) is 0.300. The fourth-order valence-electron chi connectivity index (χ4n) is 1.63. The summed E-state index contributed by atoms with van der Waals surface area (Å²) in [4.78, 5) is 20.2. The Hall–Kier alpha value is -1.82. The first-order chi connectivity index (χ1) is 12.0. The van der Waals surface area contributed by atoms with Crippen molar-refractivity contribution in [3.05, 3.63) is 71.8 Å². The second kappa shape index (κ2) is 15.7. The van der Waals surface area contributed by atoms with Crippen molar-refractivity contribution in [3.63, 3.8) is 0 Å². The molecule has 0 fully saturated rings. The Morgan fingerprint density at radius 1 is 0.720 bits per heavy atom. The normalized spacial score (nSPS) is 8.72.